The van der Waals surface area contributed by atoms with Gasteiger partial charge < -0.3 is 19.2 Å². The Morgan fingerprint density at radius 1 is 1.53 bits per heavy atom. The molecule has 1 aliphatic heterocycles. The Balaban J connectivity index is 1.82. The Morgan fingerprint density at radius 3 is 3.00 bits per heavy atom. The first kappa shape index (κ1) is 12.1. The molecule has 1 fully saturated rings. The second kappa shape index (κ2) is 5.84. The largest absolute Gasteiger partial charge is 0.467 e. The Morgan fingerprint density at radius 2 is 2.29 bits per heavy atom. The zero-order valence-electron chi connectivity index (χ0n) is 9.90. The van der Waals surface area contributed by atoms with Crippen LogP contribution in [0.1, 0.15) is 29.0 Å². The summed E-state index contributed by atoms with van der Waals surface area (Å²) < 4.78 is 15.2. The molecule has 5 heteroatoms. The fourth-order valence-corrected chi connectivity index (χ4v) is 1.84. The molecule has 0 bridgehead atoms. The van der Waals surface area contributed by atoms with Gasteiger partial charge in [-0.15, -0.1) is 0 Å². The number of ether oxygens (including phenoxy) is 2. The second-order valence-electron chi connectivity index (χ2n) is 4.06. The number of nitrogens with one attached hydrogen (secondary N) is 1. The lowest BCUT2D eigenvalue weighted by molar-refractivity contribution is 0.0600. The number of rotatable bonds is 4. The van der Waals surface area contributed by atoms with E-state index in [2.05, 4.69) is 10.1 Å². The van der Waals surface area contributed by atoms with Crippen LogP contribution in [0.3, 0.4) is 0 Å². The van der Waals surface area contributed by atoms with E-state index in [9.17, 15) is 4.79 Å². The van der Waals surface area contributed by atoms with Crippen molar-refractivity contribution in [2.45, 2.75) is 25.4 Å². The summed E-state index contributed by atoms with van der Waals surface area (Å²) in [6.07, 6.45) is 3.46. The summed E-state index contributed by atoms with van der Waals surface area (Å²) in [5.41, 5.74) is 0.455. The van der Waals surface area contributed by atoms with Gasteiger partial charge >= 0.3 is 5.97 Å². The molecular weight excluding hydrogens is 222 g/mol. The van der Waals surface area contributed by atoms with Crippen molar-refractivity contribution in [3.63, 3.8) is 0 Å². The number of hydrogen-bond acceptors (Lipinski definition) is 5. The second-order valence-corrected chi connectivity index (χ2v) is 4.06. The molecule has 0 amide bonds. The Hall–Kier alpha value is -1.33. The highest BCUT2D eigenvalue weighted by molar-refractivity contribution is 5.88. The van der Waals surface area contributed by atoms with E-state index in [-0.39, 0.29) is 5.97 Å². The topological polar surface area (TPSA) is 60.7 Å². The summed E-state index contributed by atoms with van der Waals surface area (Å²) in [4.78, 5) is 11.2. The molecule has 2 rings (SSSR count). The van der Waals surface area contributed by atoms with Crippen molar-refractivity contribution >= 4 is 5.97 Å². The Bertz CT molecular complexity index is 368. The number of hydrogen-bond donors (Lipinski definition) is 1. The van der Waals surface area contributed by atoms with E-state index >= 15 is 0 Å². The molecule has 94 valence electrons. The van der Waals surface area contributed by atoms with Crippen molar-refractivity contribution in [2.24, 2.45) is 0 Å². The van der Waals surface area contributed by atoms with Gasteiger partial charge in [0.05, 0.1) is 19.2 Å². The molecular formula is C12H17NO4. The van der Waals surface area contributed by atoms with E-state index in [1.165, 1.54) is 13.4 Å². The molecule has 0 aromatic carbocycles. The lowest BCUT2D eigenvalue weighted by atomic mass is 10.1. The highest BCUT2D eigenvalue weighted by Gasteiger charge is 2.14. The van der Waals surface area contributed by atoms with Crippen LogP contribution in [-0.4, -0.2) is 32.3 Å². The average Bonchev–Trinajstić information content (AvgIpc) is 2.85. The molecule has 0 spiro atoms. The van der Waals surface area contributed by atoms with Gasteiger partial charge in [0.1, 0.15) is 12.0 Å². The van der Waals surface area contributed by atoms with Crippen molar-refractivity contribution in [2.75, 3.05) is 20.3 Å². The molecule has 5 nitrogen and oxygen atoms in total. The average molecular weight is 239 g/mol. The summed E-state index contributed by atoms with van der Waals surface area (Å²) in [6, 6.07) is 2.17. The molecule has 0 atom stereocenters. The highest BCUT2D eigenvalue weighted by atomic mass is 16.5. The Labute approximate surface area is 100 Å². The smallest absolute Gasteiger partial charge is 0.341 e. The van der Waals surface area contributed by atoms with Crippen LogP contribution < -0.4 is 5.32 Å². The zero-order valence-corrected chi connectivity index (χ0v) is 9.90. The van der Waals surface area contributed by atoms with Gasteiger partial charge in [-0.05, 0) is 18.9 Å². The molecule has 1 aromatic heterocycles. The van der Waals surface area contributed by atoms with Gasteiger partial charge in [-0.25, -0.2) is 4.79 Å². The van der Waals surface area contributed by atoms with Crippen LogP contribution >= 0.6 is 0 Å². The van der Waals surface area contributed by atoms with Crippen molar-refractivity contribution in [3.8, 4) is 0 Å². The third-order valence-electron chi connectivity index (χ3n) is 2.86. The summed E-state index contributed by atoms with van der Waals surface area (Å²) in [5, 5.41) is 3.38. The fourth-order valence-electron chi connectivity index (χ4n) is 1.84. The molecule has 1 aliphatic rings. The lowest BCUT2D eigenvalue weighted by Crippen LogP contribution is -2.34. The third kappa shape index (κ3) is 3.31. The van der Waals surface area contributed by atoms with Gasteiger partial charge in [-0.3, -0.25) is 0 Å². The van der Waals surface area contributed by atoms with E-state index in [1.54, 1.807) is 6.07 Å². The van der Waals surface area contributed by atoms with E-state index in [1.807, 2.05) is 0 Å². The molecule has 17 heavy (non-hydrogen) atoms. The minimum Gasteiger partial charge on any atom is -0.467 e. The zero-order chi connectivity index (χ0) is 12.1. The van der Waals surface area contributed by atoms with Crippen LogP contribution in [0, 0.1) is 0 Å². The van der Waals surface area contributed by atoms with Crippen molar-refractivity contribution in [1.29, 1.82) is 0 Å². The van der Waals surface area contributed by atoms with E-state index in [0.717, 1.165) is 31.8 Å². The normalized spacial score (nSPS) is 17.0. The molecule has 2 heterocycles. The quantitative estimate of drug-likeness (QED) is 0.803. The summed E-state index contributed by atoms with van der Waals surface area (Å²) in [6.45, 7) is 2.24. The van der Waals surface area contributed by atoms with Crippen LogP contribution in [0.2, 0.25) is 0 Å². The maximum Gasteiger partial charge on any atom is 0.341 e. The molecule has 1 aromatic rings. The van der Waals surface area contributed by atoms with Crippen molar-refractivity contribution in [3.05, 3.63) is 23.7 Å². The summed E-state index contributed by atoms with van der Waals surface area (Å²) in [5.74, 6) is 0.378. The summed E-state index contributed by atoms with van der Waals surface area (Å²) >= 11 is 0. The molecule has 1 saturated heterocycles. The maximum absolute atomic E-state index is 11.2. The third-order valence-corrected chi connectivity index (χ3v) is 2.86. The van der Waals surface area contributed by atoms with Crippen LogP contribution in [-0.2, 0) is 16.0 Å². The SMILES string of the molecule is COC(=O)c1coc(CNC2CCOCC2)c1. The number of carbonyl (C=O) groups excluding carboxylic acids is 1. The molecule has 0 unspecified atom stereocenters. The maximum atomic E-state index is 11.2. The van der Waals surface area contributed by atoms with Gasteiger partial charge in [-0.1, -0.05) is 0 Å². The first-order chi connectivity index (χ1) is 8.29. The number of esters is 1. The fraction of sp³-hybridized carbons (Fsp3) is 0.583. The lowest BCUT2D eigenvalue weighted by Gasteiger charge is -2.22. The number of methoxy groups -OCH3 is 1. The van der Waals surface area contributed by atoms with Gasteiger partial charge in [0.2, 0.25) is 0 Å². The minimum atomic E-state index is -0.369. The molecule has 0 saturated carbocycles. The predicted octanol–water partition coefficient (Wildman–Crippen LogP) is 1.33. The van der Waals surface area contributed by atoms with Gasteiger partial charge in [-0.2, -0.15) is 0 Å². The first-order valence-corrected chi connectivity index (χ1v) is 5.76. The van der Waals surface area contributed by atoms with Crippen molar-refractivity contribution < 1.29 is 18.7 Å². The van der Waals surface area contributed by atoms with Crippen LogP contribution in [0.4, 0.5) is 0 Å². The van der Waals surface area contributed by atoms with E-state index in [4.69, 9.17) is 9.15 Å². The van der Waals surface area contributed by atoms with Crippen LogP contribution in [0.25, 0.3) is 0 Å². The van der Waals surface area contributed by atoms with Gasteiger partial charge in [0, 0.05) is 19.3 Å². The van der Waals surface area contributed by atoms with Crippen molar-refractivity contribution in [1.82, 2.24) is 5.32 Å². The highest BCUT2D eigenvalue weighted by Crippen LogP contribution is 2.11. The van der Waals surface area contributed by atoms with Gasteiger partial charge in [0.15, 0.2) is 0 Å². The summed E-state index contributed by atoms with van der Waals surface area (Å²) in [7, 11) is 1.36. The minimum absolute atomic E-state index is 0.369. The number of furan rings is 1. The van der Waals surface area contributed by atoms with E-state index in [0.29, 0.717) is 18.2 Å². The van der Waals surface area contributed by atoms with E-state index < -0.39 is 0 Å². The molecule has 0 aliphatic carbocycles. The van der Waals surface area contributed by atoms with Crippen LogP contribution in [0.5, 0.6) is 0 Å². The van der Waals surface area contributed by atoms with Crippen LogP contribution in [0.15, 0.2) is 16.7 Å². The monoisotopic (exact) mass is 239 g/mol. The predicted molar refractivity (Wildman–Crippen MR) is 60.7 cm³/mol. The molecule has 1 N–H and O–H groups in total. The Kier molecular flexibility index (Phi) is 4.17. The standard InChI is InChI=1S/C12H17NO4/c1-15-12(14)9-6-11(17-8-9)7-13-10-2-4-16-5-3-10/h6,8,10,13H,2-5,7H2,1H3. The van der Waals surface area contributed by atoms with Gasteiger partial charge in [0.25, 0.3) is 0 Å². The first-order valence-electron chi connectivity index (χ1n) is 5.76. The number of carbonyl (C=O) groups is 1. The molecule has 0 radical (unpaired) electrons.